The molecule has 0 saturated heterocycles. The van der Waals surface area contributed by atoms with Gasteiger partial charge in [-0.1, -0.05) is 12.6 Å². The van der Waals surface area contributed by atoms with Gasteiger partial charge < -0.3 is 19.9 Å². The van der Waals surface area contributed by atoms with Crippen LogP contribution in [-0.2, 0) is 9.59 Å². The van der Waals surface area contributed by atoms with Crippen molar-refractivity contribution in [2.75, 3.05) is 20.1 Å². The number of rotatable bonds is 4. The summed E-state index contributed by atoms with van der Waals surface area (Å²) in [5.74, 6) is -1.38. The number of carbonyl (C=O) groups is 2. The Morgan fingerprint density at radius 3 is 2.60 bits per heavy atom. The molecule has 0 fully saturated rings. The summed E-state index contributed by atoms with van der Waals surface area (Å²) in [5, 5.41) is 16.3. The molecular weight excluding hydrogens is 260 g/mol. The zero-order chi connectivity index (χ0) is 15.5. The molecule has 6 heteroatoms. The number of quaternary nitrogens is 1. The van der Waals surface area contributed by atoms with Crippen molar-refractivity contribution in [3.05, 3.63) is 36.7 Å². The number of hydrogen-bond acceptors (Lipinski definition) is 4. The van der Waals surface area contributed by atoms with Crippen LogP contribution in [0.4, 0.5) is 0 Å². The minimum Gasteiger partial charge on any atom is -0.539 e. The van der Waals surface area contributed by atoms with Gasteiger partial charge in [-0.15, -0.1) is 6.42 Å². The molecule has 20 heavy (non-hydrogen) atoms. The van der Waals surface area contributed by atoms with Crippen molar-refractivity contribution >= 4 is 17.5 Å². The van der Waals surface area contributed by atoms with Gasteiger partial charge in [0.05, 0.1) is 7.05 Å². The third kappa shape index (κ3) is 7.63. The fourth-order valence-electron chi connectivity index (χ4n) is 1.27. The van der Waals surface area contributed by atoms with Crippen molar-refractivity contribution in [1.82, 2.24) is 4.98 Å². The topological polar surface area (TPSA) is 94.8 Å². The molecule has 0 bridgehead atoms. The van der Waals surface area contributed by atoms with Gasteiger partial charge in [-0.3, -0.25) is 4.98 Å². The Morgan fingerprint density at radius 1 is 1.60 bits per heavy atom. The van der Waals surface area contributed by atoms with Gasteiger partial charge in [0, 0.05) is 23.5 Å². The Morgan fingerprint density at radius 2 is 2.20 bits per heavy atom. The number of aliphatic carboxylic acids is 2. The first-order valence-corrected chi connectivity index (χ1v) is 5.65. The second-order valence-corrected chi connectivity index (χ2v) is 3.95. The van der Waals surface area contributed by atoms with Crippen LogP contribution in [0.1, 0.15) is 5.56 Å². The van der Waals surface area contributed by atoms with Crippen LogP contribution < -0.4 is 10.0 Å². The highest BCUT2D eigenvalue weighted by Gasteiger charge is 2.04. The van der Waals surface area contributed by atoms with E-state index in [2.05, 4.69) is 24.5 Å². The Labute approximate surface area is 117 Å². The first-order valence-electron chi connectivity index (χ1n) is 5.65. The third-order valence-corrected chi connectivity index (χ3v) is 2.16. The minimum absolute atomic E-state index is 0.722. The quantitative estimate of drug-likeness (QED) is 0.493. The number of carboxylic acids is 2. The summed E-state index contributed by atoms with van der Waals surface area (Å²) in [6.45, 7) is 5.60. The Bertz CT molecular complexity index is 494. The zero-order valence-electron chi connectivity index (χ0n) is 11.1. The molecule has 1 rings (SSSR count). The van der Waals surface area contributed by atoms with Crippen LogP contribution >= 0.6 is 0 Å². The highest BCUT2D eigenvalue weighted by Crippen LogP contribution is 2.06. The normalized spacial score (nSPS) is 10.4. The SMILES string of the molecule is C#CC[NH+](C)CC(=C)c1cccnc1.O=C([O-])C(=O)O. The van der Waals surface area contributed by atoms with Crippen LogP contribution in [0.3, 0.4) is 0 Å². The molecule has 0 aliphatic carbocycles. The Kier molecular flexibility index (Phi) is 8.07. The van der Waals surface area contributed by atoms with Gasteiger partial charge in [0.1, 0.15) is 13.1 Å². The molecule has 0 radical (unpaired) electrons. The van der Waals surface area contributed by atoms with Crippen molar-refractivity contribution < 1.29 is 24.7 Å². The second-order valence-electron chi connectivity index (χ2n) is 3.95. The predicted octanol–water partition coefficient (Wildman–Crippen LogP) is -1.94. The number of pyridine rings is 1. The summed E-state index contributed by atoms with van der Waals surface area (Å²) in [6, 6.07) is 3.93. The fourth-order valence-corrected chi connectivity index (χ4v) is 1.27. The van der Waals surface area contributed by atoms with Crippen molar-refractivity contribution in [3.63, 3.8) is 0 Å². The molecule has 1 aromatic heterocycles. The standard InChI is InChI=1S/C12H14N2.C2H2O4/c1-4-8-14(3)10-11(2)12-6-5-7-13-9-12;3-1(4)2(5)6/h1,5-7,9H,2,8,10H2,3H3;(H,3,4)(H,5,6). The van der Waals surface area contributed by atoms with Crippen LogP contribution in [0, 0.1) is 12.3 Å². The van der Waals surface area contributed by atoms with Crippen LogP contribution in [0.25, 0.3) is 5.57 Å². The van der Waals surface area contributed by atoms with Crippen molar-refractivity contribution in [1.29, 1.82) is 0 Å². The molecule has 6 nitrogen and oxygen atoms in total. The number of carbonyl (C=O) groups excluding carboxylic acids is 1. The van der Waals surface area contributed by atoms with E-state index in [0.717, 1.165) is 24.2 Å². The number of hydrogen-bond donors (Lipinski definition) is 2. The summed E-state index contributed by atoms with van der Waals surface area (Å²) < 4.78 is 0. The van der Waals surface area contributed by atoms with Gasteiger partial charge >= 0.3 is 5.97 Å². The van der Waals surface area contributed by atoms with Crippen LogP contribution in [0.15, 0.2) is 31.1 Å². The first kappa shape index (κ1) is 17.4. The van der Waals surface area contributed by atoms with Gasteiger partial charge in [-0.05, 0) is 12.0 Å². The number of terminal acetylenes is 1. The van der Waals surface area contributed by atoms with Crippen LogP contribution in [0.2, 0.25) is 0 Å². The monoisotopic (exact) mass is 276 g/mol. The highest BCUT2D eigenvalue weighted by molar-refractivity contribution is 6.26. The van der Waals surface area contributed by atoms with E-state index in [1.165, 1.54) is 4.90 Å². The number of aromatic nitrogens is 1. The first-order chi connectivity index (χ1) is 9.38. The van der Waals surface area contributed by atoms with E-state index in [4.69, 9.17) is 26.2 Å². The van der Waals surface area contributed by atoms with E-state index in [1.54, 1.807) is 6.20 Å². The van der Waals surface area contributed by atoms with Crippen molar-refractivity contribution in [2.45, 2.75) is 0 Å². The van der Waals surface area contributed by atoms with E-state index in [-0.39, 0.29) is 0 Å². The number of likely N-dealkylation sites (N-methyl/N-ethyl adjacent to an activating group) is 1. The number of nitrogens with zero attached hydrogens (tertiary/aromatic N) is 1. The van der Waals surface area contributed by atoms with Gasteiger partial charge in [0.15, 0.2) is 5.97 Å². The van der Waals surface area contributed by atoms with Gasteiger partial charge in [0.25, 0.3) is 0 Å². The molecule has 0 aliphatic heterocycles. The predicted molar refractivity (Wildman–Crippen MR) is 71.4 cm³/mol. The van der Waals surface area contributed by atoms with Gasteiger partial charge in [-0.25, -0.2) is 4.79 Å². The molecule has 1 heterocycles. The Hall–Kier alpha value is -2.65. The van der Waals surface area contributed by atoms with Gasteiger partial charge in [0.2, 0.25) is 0 Å². The zero-order valence-corrected chi connectivity index (χ0v) is 11.1. The maximum Gasteiger partial charge on any atom is 0.351 e. The fraction of sp³-hybridized carbons (Fsp3) is 0.214. The smallest absolute Gasteiger partial charge is 0.351 e. The molecular formula is C14H16N2O4. The van der Waals surface area contributed by atoms with E-state index in [9.17, 15) is 0 Å². The molecule has 0 amide bonds. The number of nitrogens with one attached hydrogen (secondary N) is 1. The van der Waals surface area contributed by atoms with E-state index >= 15 is 0 Å². The lowest BCUT2D eigenvalue weighted by atomic mass is 10.1. The van der Waals surface area contributed by atoms with Crippen molar-refractivity contribution in [2.24, 2.45) is 0 Å². The molecule has 1 atom stereocenters. The van der Waals surface area contributed by atoms with Crippen molar-refractivity contribution in [3.8, 4) is 12.3 Å². The molecule has 2 N–H and O–H groups in total. The van der Waals surface area contributed by atoms with Crippen LogP contribution in [-0.4, -0.2) is 42.2 Å². The summed E-state index contributed by atoms with van der Waals surface area (Å²) in [7, 11) is 2.06. The molecule has 0 spiro atoms. The largest absolute Gasteiger partial charge is 0.539 e. The molecule has 1 aromatic rings. The maximum absolute atomic E-state index is 9.04. The molecule has 0 aliphatic rings. The second kappa shape index (κ2) is 9.30. The van der Waals surface area contributed by atoms with Gasteiger partial charge in [-0.2, -0.15) is 0 Å². The minimum atomic E-state index is -2.07. The highest BCUT2D eigenvalue weighted by atomic mass is 16.4. The van der Waals surface area contributed by atoms with E-state index in [0.29, 0.717) is 0 Å². The average molecular weight is 276 g/mol. The lowest BCUT2D eigenvalue weighted by molar-refractivity contribution is -0.863. The van der Waals surface area contributed by atoms with Crippen LogP contribution in [0.5, 0.6) is 0 Å². The molecule has 0 saturated carbocycles. The molecule has 106 valence electrons. The average Bonchev–Trinajstić information content (AvgIpc) is 2.40. The molecule has 1 unspecified atom stereocenters. The van der Waals surface area contributed by atoms with E-state index < -0.39 is 11.9 Å². The lowest BCUT2D eigenvalue weighted by Crippen LogP contribution is -3.08. The summed E-state index contributed by atoms with van der Waals surface area (Å²) in [6.07, 6.45) is 8.81. The Balaban J connectivity index is 0.000000511. The molecule has 0 aromatic carbocycles. The lowest BCUT2D eigenvalue weighted by Gasteiger charge is -2.12. The number of carboxylic acid groups (broad SMARTS) is 2. The summed E-state index contributed by atoms with van der Waals surface area (Å²) >= 11 is 0. The van der Waals surface area contributed by atoms with E-state index in [1.807, 2.05) is 18.3 Å². The maximum atomic E-state index is 9.04. The summed E-state index contributed by atoms with van der Waals surface area (Å²) in [5.41, 5.74) is 2.16. The summed E-state index contributed by atoms with van der Waals surface area (Å²) in [4.78, 5) is 23.3. The third-order valence-electron chi connectivity index (χ3n) is 2.16.